The number of rotatable bonds is 21. The van der Waals surface area contributed by atoms with Gasteiger partial charge >= 0.3 is 0 Å². The van der Waals surface area contributed by atoms with Gasteiger partial charge < -0.3 is 30.3 Å². The SMILES string of the molecule is CC(=CCCOC[C@H](O)[C@H](O)[C@@H](O)[C@@H](O)CO)CCCC(C)CCCC(C)CCCC(C)C. The summed E-state index contributed by atoms with van der Waals surface area (Å²) in [6, 6.07) is 0. The van der Waals surface area contributed by atoms with Crippen molar-refractivity contribution in [3.63, 3.8) is 0 Å². The molecule has 0 aromatic rings. The molecule has 0 amide bonds. The molecule has 0 saturated carbocycles. The largest absolute Gasteiger partial charge is 0.394 e. The van der Waals surface area contributed by atoms with Crippen molar-refractivity contribution in [3.05, 3.63) is 11.6 Å². The molecule has 0 saturated heterocycles. The van der Waals surface area contributed by atoms with E-state index in [0.717, 1.165) is 30.6 Å². The average Bonchev–Trinajstić information content (AvgIpc) is 2.76. The van der Waals surface area contributed by atoms with Crippen molar-refractivity contribution in [2.24, 2.45) is 17.8 Å². The summed E-state index contributed by atoms with van der Waals surface area (Å²) in [4.78, 5) is 0. The first-order valence-corrected chi connectivity index (χ1v) is 13.1. The highest BCUT2D eigenvalue weighted by molar-refractivity contribution is 4.97. The van der Waals surface area contributed by atoms with Crippen LogP contribution in [0.5, 0.6) is 0 Å². The second-order valence-corrected chi connectivity index (χ2v) is 10.6. The third-order valence-electron chi connectivity index (χ3n) is 6.51. The van der Waals surface area contributed by atoms with E-state index in [-0.39, 0.29) is 6.61 Å². The topological polar surface area (TPSA) is 110 Å². The summed E-state index contributed by atoms with van der Waals surface area (Å²) in [5.41, 5.74) is 1.34. The third kappa shape index (κ3) is 17.6. The van der Waals surface area contributed by atoms with Crippen molar-refractivity contribution in [1.82, 2.24) is 0 Å². The second kappa shape index (κ2) is 19.8. The van der Waals surface area contributed by atoms with Gasteiger partial charge in [0.05, 0.1) is 19.8 Å². The summed E-state index contributed by atoms with van der Waals surface area (Å²) >= 11 is 0. The second-order valence-electron chi connectivity index (χ2n) is 10.6. The molecular weight excluding hydrogens is 420 g/mol. The minimum Gasteiger partial charge on any atom is -0.394 e. The maximum atomic E-state index is 9.82. The van der Waals surface area contributed by atoms with Gasteiger partial charge in [0, 0.05) is 0 Å². The van der Waals surface area contributed by atoms with Crippen molar-refractivity contribution in [2.75, 3.05) is 19.8 Å². The fourth-order valence-corrected chi connectivity index (χ4v) is 4.06. The normalized spacial score (nSPS) is 18.2. The van der Waals surface area contributed by atoms with Crippen LogP contribution < -0.4 is 0 Å². The Morgan fingerprint density at radius 1 is 0.758 bits per heavy atom. The highest BCUT2D eigenvalue weighted by Gasteiger charge is 2.29. The van der Waals surface area contributed by atoms with Gasteiger partial charge in [0.2, 0.25) is 0 Å². The van der Waals surface area contributed by atoms with Crippen molar-refractivity contribution in [1.29, 1.82) is 0 Å². The van der Waals surface area contributed by atoms with Gasteiger partial charge in [-0.2, -0.15) is 0 Å². The maximum absolute atomic E-state index is 9.82. The maximum Gasteiger partial charge on any atom is 0.111 e. The van der Waals surface area contributed by atoms with Crippen LogP contribution in [0.25, 0.3) is 0 Å². The van der Waals surface area contributed by atoms with Gasteiger partial charge in [-0.3, -0.25) is 0 Å². The summed E-state index contributed by atoms with van der Waals surface area (Å²) in [5.74, 6) is 2.45. The number of hydrogen-bond acceptors (Lipinski definition) is 6. The Morgan fingerprint density at radius 3 is 1.82 bits per heavy atom. The fraction of sp³-hybridized carbons (Fsp3) is 0.926. The van der Waals surface area contributed by atoms with Gasteiger partial charge in [0.25, 0.3) is 0 Å². The molecule has 0 fully saturated rings. The first-order chi connectivity index (χ1) is 15.6. The third-order valence-corrected chi connectivity index (χ3v) is 6.51. The smallest absolute Gasteiger partial charge is 0.111 e. The lowest BCUT2D eigenvalue weighted by Crippen LogP contribution is -2.47. The van der Waals surface area contributed by atoms with Crippen LogP contribution in [0, 0.1) is 17.8 Å². The number of aliphatic hydroxyl groups is 5. The molecule has 6 nitrogen and oxygen atoms in total. The summed E-state index contributed by atoms with van der Waals surface area (Å²) in [5, 5.41) is 47.2. The lowest BCUT2D eigenvalue weighted by atomic mass is 9.91. The minimum absolute atomic E-state index is 0.142. The molecule has 0 heterocycles. The van der Waals surface area contributed by atoms with Crippen LogP contribution in [0.4, 0.5) is 0 Å². The van der Waals surface area contributed by atoms with Crippen LogP contribution >= 0.6 is 0 Å². The van der Waals surface area contributed by atoms with Gasteiger partial charge in [-0.05, 0) is 43.9 Å². The number of hydrogen-bond donors (Lipinski definition) is 5. The lowest BCUT2D eigenvalue weighted by molar-refractivity contribution is -0.128. The Hall–Kier alpha value is -0.500. The molecule has 0 aliphatic rings. The van der Waals surface area contributed by atoms with E-state index in [9.17, 15) is 20.4 Å². The van der Waals surface area contributed by atoms with Crippen LogP contribution in [-0.2, 0) is 4.74 Å². The zero-order valence-electron chi connectivity index (χ0n) is 22.0. The van der Waals surface area contributed by atoms with Crippen molar-refractivity contribution >= 4 is 0 Å². The van der Waals surface area contributed by atoms with Crippen LogP contribution in [0.3, 0.4) is 0 Å². The summed E-state index contributed by atoms with van der Waals surface area (Å²) in [6.45, 7) is 11.1. The van der Waals surface area contributed by atoms with Crippen LogP contribution in [0.15, 0.2) is 11.6 Å². The Labute approximate surface area is 203 Å². The fourth-order valence-electron chi connectivity index (χ4n) is 4.06. The molecular formula is C27H54O6. The van der Waals surface area contributed by atoms with E-state index in [1.54, 1.807) is 0 Å². The zero-order chi connectivity index (χ0) is 25.2. The van der Waals surface area contributed by atoms with Crippen LogP contribution in [0.1, 0.15) is 98.8 Å². The summed E-state index contributed by atoms with van der Waals surface area (Å²) < 4.78 is 5.36. The first kappa shape index (κ1) is 32.5. The standard InChI is InChI=1S/C27H54O6/c1-20(2)10-6-11-21(3)12-7-13-22(4)14-8-15-23(5)16-9-17-33-19-25(30)27(32)26(31)24(29)18-28/h16,20-22,24-32H,6-15,17-19H2,1-5H3/t21?,22?,24-,25-,26-,27-/m0/s1. The van der Waals surface area contributed by atoms with E-state index < -0.39 is 31.0 Å². The molecule has 0 spiro atoms. The van der Waals surface area contributed by atoms with Crippen LogP contribution in [-0.4, -0.2) is 69.8 Å². The van der Waals surface area contributed by atoms with Gasteiger partial charge in [0.1, 0.15) is 24.4 Å². The van der Waals surface area contributed by atoms with E-state index in [2.05, 4.69) is 40.7 Å². The quantitative estimate of drug-likeness (QED) is 0.126. The van der Waals surface area contributed by atoms with E-state index in [0.29, 0.717) is 6.61 Å². The molecule has 0 aliphatic carbocycles. The number of aliphatic hydroxyl groups excluding tert-OH is 5. The predicted octanol–water partition coefficient (Wildman–Crippen LogP) is 4.21. The molecule has 0 radical (unpaired) electrons. The summed E-state index contributed by atoms with van der Waals surface area (Å²) in [7, 11) is 0. The Morgan fingerprint density at radius 2 is 1.27 bits per heavy atom. The Balaban J connectivity index is 3.82. The molecule has 5 N–H and O–H groups in total. The van der Waals surface area contributed by atoms with E-state index in [4.69, 9.17) is 9.84 Å². The molecule has 0 aromatic carbocycles. The van der Waals surface area contributed by atoms with Gasteiger partial charge in [-0.15, -0.1) is 0 Å². The van der Waals surface area contributed by atoms with Crippen molar-refractivity contribution in [3.8, 4) is 0 Å². The minimum atomic E-state index is -1.61. The molecule has 0 aromatic heterocycles. The highest BCUT2D eigenvalue weighted by atomic mass is 16.5. The first-order valence-electron chi connectivity index (χ1n) is 13.1. The van der Waals surface area contributed by atoms with Gasteiger partial charge in [-0.1, -0.05) is 84.3 Å². The van der Waals surface area contributed by atoms with E-state index in [1.165, 1.54) is 56.9 Å². The van der Waals surface area contributed by atoms with Gasteiger partial charge in [-0.25, -0.2) is 0 Å². The molecule has 0 aliphatic heterocycles. The average molecular weight is 475 g/mol. The molecule has 6 heteroatoms. The number of allylic oxidation sites excluding steroid dienone is 1. The summed E-state index contributed by atoms with van der Waals surface area (Å²) in [6.07, 6.45) is 8.52. The number of ether oxygens (including phenoxy) is 1. The molecule has 33 heavy (non-hydrogen) atoms. The Bertz CT molecular complexity index is 481. The predicted molar refractivity (Wildman–Crippen MR) is 135 cm³/mol. The molecule has 2 unspecified atom stereocenters. The Kier molecular flexibility index (Phi) is 19.5. The molecule has 0 rings (SSSR count). The van der Waals surface area contributed by atoms with E-state index in [1.807, 2.05) is 0 Å². The highest BCUT2D eigenvalue weighted by Crippen LogP contribution is 2.22. The van der Waals surface area contributed by atoms with Crippen LogP contribution in [0.2, 0.25) is 0 Å². The zero-order valence-corrected chi connectivity index (χ0v) is 22.0. The molecule has 0 bridgehead atoms. The van der Waals surface area contributed by atoms with E-state index >= 15 is 0 Å². The van der Waals surface area contributed by atoms with Crippen molar-refractivity contribution in [2.45, 2.75) is 123 Å². The molecule has 198 valence electrons. The van der Waals surface area contributed by atoms with Crippen molar-refractivity contribution < 1.29 is 30.3 Å². The monoisotopic (exact) mass is 474 g/mol. The molecule has 6 atom stereocenters. The lowest BCUT2D eigenvalue weighted by Gasteiger charge is -2.25. The van der Waals surface area contributed by atoms with Gasteiger partial charge in [0.15, 0.2) is 0 Å².